The monoisotopic (exact) mass is 897 g/mol. The molecule has 0 N–H and O–H groups in total. The minimum atomic E-state index is -0.714. The molecule has 9 nitrogen and oxygen atoms in total. The quantitative estimate of drug-likeness (QED) is 0.207. The molecule has 0 spiro atoms. The fourth-order valence-corrected chi connectivity index (χ4v) is 16.9. The van der Waals surface area contributed by atoms with Gasteiger partial charge in [0, 0.05) is 36.6 Å². The molecule has 4 saturated carbocycles. The van der Waals surface area contributed by atoms with Gasteiger partial charge in [-0.25, -0.2) is 4.79 Å². The maximum absolute atomic E-state index is 13.0. The van der Waals surface area contributed by atoms with Crippen LogP contribution in [0.1, 0.15) is 129 Å². The van der Waals surface area contributed by atoms with E-state index in [0.717, 1.165) is 49.4 Å². The summed E-state index contributed by atoms with van der Waals surface area (Å²) >= 11 is 0. The summed E-state index contributed by atoms with van der Waals surface area (Å²) in [6.07, 6.45) is 32.2. The predicted octanol–water partition coefficient (Wildman–Crippen LogP) is 12.0. The lowest BCUT2D eigenvalue weighted by Crippen LogP contribution is -2.51. The molecule has 0 amide bonds. The van der Waals surface area contributed by atoms with Gasteiger partial charge in [-0.2, -0.15) is 0 Å². The summed E-state index contributed by atoms with van der Waals surface area (Å²) in [4.78, 5) is 21.9. The van der Waals surface area contributed by atoms with Crippen molar-refractivity contribution in [1.29, 1.82) is 0 Å². The Morgan fingerprint density at radius 3 is 1.38 bits per heavy atom. The second-order valence-corrected chi connectivity index (χ2v) is 23.4. The van der Waals surface area contributed by atoms with Crippen molar-refractivity contribution in [2.45, 2.75) is 142 Å². The Morgan fingerprint density at radius 2 is 0.970 bits per heavy atom. The summed E-state index contributed by atoms with van der Waals surface area (Å²) in [6, 6.07) is 8.65. The van der Waals surface area contributed by atoms with Crippen LogP contribution in [0.5, 0.6) is 0 Å². The smallest absolute Gasteiger partial charge is 0.426 e. The van der Waals surface area contributed by atoms with Crippen LogP contribution >= 0.6 is 0 Å². The largest absolute Gasteiger partial charge is 0.509 e. The van der Waals surface area contributed by atoms with Crippen molar-refractivity contribution < 1.29 is 33.2 Å². The van der Waals surface area contributed by atoms with E-state index in [1.165, 1.54) is 86.5 Å². The van der Waals surface area contributed by atoms with Crippen molar-refractivity contribution in [3.63, 3.8) is 0 Å². The first-order valence-corrected chi connectivity index (χ1v) is 26.0. The Morgan fingerprint density at radius 1 is 0.545 bits per heavy atom. The number of pyridine rings is 2. The Kier molecular flexibility index (Phi) is 11.1. The second-order valence-electron chi connectivity index (χ2n) is 23.4. The van der Waals surface area contributed by atoms with E-state index in [1.54, 1.807) is 11.1 Å². The maximum Gasteiger partial charge on any atom is 0.509 e. The van der Waals surface area contributed by atoms with Gasteiger partial charge in [-0.15, -0.1) is 0 Å². The number of fused-ring (bicyclic) bond motifs is 10. The Balaban J connectivity index is 0.589. The summed E-state index contributed by atoms with van der Waals surface area (Å²) in [5.74, 6) is 4.88. The predicted molar refractivity (Wildman–Crippen MR) is 252 cm³/mol. The molecule has 9 heteroatoms. The minimum absolute atomic E-state index is 0.231. The number of hydrogen-bond acceptors (Lipinski definition) is 9. The zero-order chi connectivity index (χ0) is 44.8. The number of carbonyl (C=O) groups excluding carboxylic acids is 1. The third-order valence-corrected chi connectivity index (χ3v) is 20.5. The first-order valence-electron chi connectivity index (χ1n) is 26.0. The van der Waals surface area contributed by atoms with E-state index in [9.17, 15) is 4.79 Å². The summed E-state index contributed by atoms with van der Waals surface area (Å²) in [5, 5.41) is 0. The molecule has 0 aromatic carbocycles. The van der Waals surface area contributed by atoms with Crippen molar-refractivity contribution in [3.8, 4) is 0 Å². The van der Waals surface area contributed by atoms with E-state index in [2.05, 4.69) is 98.6 Å². The topological polar surface area (TPSA) is 98.2 Å². The van der Waals surface area contributed by atoms with Crippen LogP contribution in [-0.2, 0) is 28.4 Å². The molecule has 8 aliphatic carbocycles. The van der Waals surface area contributed by atoms with E-state index in [1.807, 2.05) is 12.4 Å². The summed E-state index contributed by atoms with van der Waals surface area (Å²) in [6.45, 7) is 11.4. The van der Waals surface area contributed by atoms with Gasteiger partial charge in [0.2, 0.25) is 0 Å². The first kappa shape index (κ1) is 43.6. The highest BCUT2D eigenvalue weighted by molar-refractivity contribution is 5.73. The van der Waals surface area contributed by atoms with Crippen molar-refractivity contribution in [3.05, 3.63) is 95.6 Å². The molecule has 2 aromatic rings. The summed E-state index contributed by atoms with van der Waals surface area (Å²) in [5.41, 5.74) is 9.84. The lowest BCUT2D eigenvalue weighted by Gasteiger charge is -2.58. The molecule has 66 heavy (non-hydrogen) atoms. The molecule has 10 aliphatic rings. The fraction of sp³-hybridized carbons (Fsp3) is 0.667. The molecule has 12 rings (SSSR count). The molecule has 0 bridgehead atoms. The number of hydrogen-bond donors (Lipinski definition) is 0. The Labute approximate surface area is 392 Å². The van der Waals surface area contributed by atoms with Crippen LogP contribution in [0.25, 0.3) is 11.1 Å². The van der Waals surface area contributed by atoms with Gasteiger partial charge in [-0.05, 0) is 181 Å². The van der Waals surface area contributed by atoms with Gasteiger partial charge in [-0.3, -0.25) is 9.97 Å². The summed E-state index contributed by atoms with van der Waals surface area (Å²) < 4.78 is 36.7. The van der Waals surface area contributed by atoms with Gasteiger partial charge < -0.3 is 28.4 Å². The number of nitrogens with zero attached hydrogens (tertiary/aromatic N) is 2. The lowest BCUT2D eigenvalue weighted by atomic mass is 9.47. The van der Waals surface area contributed by atoms with Gasteiger partial charge in [-0.1, -0.05) is 75.3 Å². The van der Waals surface area contributed by atoms with Crippen molar-refractivity contribution in [1.82, 2.24) is 9.97 Å². The van der Waals surface area contributed by atoms with E-state index in [4.69, 9.17) is 28.4 Å². The van der Waals surface area contributed by atoms with Crippen LogP contribution in [-0.4, -0.2) is 67.3 Å². The van der Waals surface area contributed by atoms with Crippen molar-refractivity contribution in [2.75, 3.05) is 26.4 Å². The molecule has 2 saturated heterocycles. The minimum Gasteiger partial charge on any atom is -0.426 e. The number of aromatic nitrogens is 2. The standard InChI is InChI=1S/C57H72N2O7/c1-54-21-17-35(27-39(54)9-11-43-47-15-13-45(37-7-5-25-58-29-37)56(47,3)23-19-49(43)54)51-61-31-41(32-62-51)65-53(60)66-42-33-63-52(64-34-42)36-18-22-55(2)40(28-36)10-12-44-48-16-14-46(38-8-6-26-59-30-38)57(48,4)24-20-50(44)55/h5-10,13-14,25-26,29-30,35-36,41-44,47-52H,11-12,15-24,27-28,31-34H2,1-4H3/t35-,36-,41?,42?,43-,44-,47-,48-,49-,50-,51?,52?,54-,55-,56+,57+/m0/s1. The van der Waals surface area contributed by atoms with E-state index in [-0.39, 0.29) is 34.2 Å². The molecule has 4 heterocycles. The number of allylic oxidation sites excluding steroid dienone is 8. The SMILES string of the molecule is C[C@]12CC[C@H](C3OCC(OC(=O)OC4COC([C@H]5CC[C@@]6(C)C(=CC[C@@H]7[C@@H]6CC[C@]6(C)C(c8cccnc8)=CC[C@@H]76)C5)OC4)CO3)CC1=CC[C@@H]1[C@@H]2CC[C@]2(C)C(c3cccnc3)=CC[C@@H]12. The van der Waals surface area contributed by atoms with Crippen LogP contribution in [0.4, 0.5) is 4.79 Å². The van der Waals surface area contributed by atoms with Crippen LogP contribution in [0.3, 0.4) is 0 Å². The normalized spacial score (nSPS) is 44.9. The zero-order valence-corrected chi connectivity index (χ0v) is 39.8. The molecule has 0 unspecified atom stereocenters. The van der Waals surface area contributed by atoms with Crippen LogP contribution < -0.4 is 0 Å². The molecule has 12 atom stereocenters. The van der Waals surface area contributed by atoms with Crippen LogP contribution in [0.2, 0.25) is 0 Å². The van der Waals surface area contributed by atoms with Crippen molar-refractivity contribution in [2.24, 2.45) is 69.0 Å². The Hall–Kier alpha value is -3.63. The summed E-state index contributed by atoms with van der Waals surface area (Å²) in [7, 11) is 0. The lowest BCUT2D eigenvalue weighted by molar-refractivity contribution is -0.254. The van der Waals surface area contributed by atoms with E-state index >= 15 is 0 Å². The molecule has 2 aromatic heterocycles. The highest BCUT2D eigenvalue weighted by atomic mass is 16.8. The van der Waals surface area contributed by atoms with Gasteiger partial charge in [0.05, 0.1) is 26.4 Å². The van der Waals surface area contributed by atoms with Crippen molar-refractivity contribution >= 4 is 17.3 Å². The van der Waals surface area contributed by atoms with Gasteiger partial charge >= 0.3 is 6.16 Å². The molecule has 6 fully saturated rings. The molecular formula is C57H72N2O7. The molecule has 352 valence electrons. The highest BCUT2D eigenvalue weighted by Crippen LogP contribution is 2.68. The number of rotatable bonds is 6. The number of ether oxygens (including phenoxy) is 6. The third kappa shape index (κ3) is 7.16. The van der Waals surface area contributed by atoms with E-state index < -0.39 is 18.4 Å². The van der Waals surface area contributed by atoms with Gasteiger partial charge in [0.15, 0.2) is 24.8 Å². The van der Waals surface area contributed by atoms with Gasteiger partial charge in [0.25, 0.3) is 0 Å². The molecular weight excluding hydrogens is 825 g/mol. The third-order valence-electron chi connectivity index (χ3n) is 20.5. The van der Waals surface area contributed by atoms with Gasteiger partial charge in [0.1, 0.15) is 0 Å². The first-order chi connectivity index (χ1) is 32.0. The zero-order valence-electron chi connectivity index (χ0n) is 39.8. The average molecular weight is 897 g/mol. The average Bonchev–Trinajstić information content (AvgIpc) is 3.89. The maximum atomic E-state index is 13.0. The number of carbonyl (C=O) groups is 1. The highest BCUT2D eigenvalue weighted by Gasteiger charge is 2.59. The molecule has 2 aliphatic heterocycles. The van der Waals surface area contributed by atoms with E-state index in [0.29, 0.717) is 50.1 Å². The fourth-order valence-electron chi connectivity index (χ4n) is 16.9. The van der Waals surface area contributed by atoms with Crippen LogP contribution in [0.15, 0.2) is 84.5 Å². The van der Waals surface area contributed by atoms with Crippen LogP contribution in [0, 0.1) is 69.0 Å². The Bertz CT molecular complexity index is 2120. The second kappa shape index (κ2) is 16.8. The molecule has 0 radical (unpaired) electrons.